The largest absolute Gasteiger partial charge is 0.494 e. The Balaban J connectivity index is 1.01. The number of methoxy groups -OCH3 is 2. The molecule has 0 spiro atoms. The Hall–Kier alpha value is -9.38. The minimum atomic E-state index is -4.26. The number of aryl methyl sites for hydroxylation is 2. The molecule has 0 bridgehead atoms. The molecule has 0 aliphatic carbocycles. The van der Waals surface area contributed by atoms with Crippen molar-refractivity contribution in [3.8, 4) is 11.5 Å². The lowest BCUT2D eigenvalue weighted by Gasteiger charge is -2.16. The molecule has 6 aromatic rings. The number of carbonyl (C=O) groups is 6. The van der Waals surface area contributed by atoms with E-state index in [9.17, 15) is 45.6 Å². The fourth-order valence-electron chi connectivity index (χ4n) is 7.08. The fraction of sp³-hybridized carbons (Fsp3) is 0.200. The quantitative estimate of drug-likeness (QED) is 0.0227. The summed E-state index contributed by atoms with van der Waals surface area (Å²) in [6.45, 7) is 2.59. The predicted octanol–water partition coefficient (Wildman–Crippen LogP) is 0.805. The van der Waals surface area contributed by atoms with Crippen molar-refractivity contribution in [2.75, 3.05) is 71.5 Å². The molecule has 410 valence electrons. The van der Waals surface area contributed by atoms with Crippen LogP contribution >= 0.6 is 0 Å². The van der Waals surface area contributed by atoms with Crippen LogP contribution in [0.5, 0.6) is 11.5 Å². The van der Waals surface area contributed by atoms with Gasteiger partial charge in [0.15, 0.2) is 24.8 Å². The number of aliphatic hydroxyl groups is 2. The number of nitrogens with zero attached hydrogens (tertiary/aromatic N) is 2. The van der Waals surface area contributed by atoms with Crippen LogP contribution in [0.2, 0.25) is 0 Å². The van der Waals surface area contributed by atoms with Gasteiger partial charge in [-0.25, -0.2) is 16.8 Å². The van der Waals surface area contributed by atoms with E-state index in [-0.39, 0.29) is 106 Å². The van der Waals surface area contributed by atoms with Crippen molar-refractivity contribution in [3.63, 3.8) is 0 Å². The monoisotopic (exact) mass is 1110 g/mol. The molecule has 0 saturated heterocycles. The van der Waals surface area contributed by atoms with Crippen LogP contribution in [0, 0.1) is 13.8 Å². The summed E-state index contributed by atoms with van der Waals surface area (Å²) in [5.74, 6) is -4.16. The van der Waals surface area contributed by atoms with Crippen molar-refractivity contribution in [1.82, 2.24) is 21.5 Å². The van der Waals surface area contributed by atoms with E-state index in [1.165, 1.54) is 109 Å². The highest BCUT2D eigenvalue weighted by atomic mass is 32.2. The van der Waals surface area contributed by atoms with Gasteiger partial charge in [-0.15, -0.1) is 0 Å². The highest BCUT2D eigenvalue weighted by Crippen LogP contribution is 2.31. The number of benzene rings is 4. The van der Waals surface area contributed by atoms with Crippen molar-refractivity contribution in [2.24, 2.45) is 0 Å². The predicted molar refractivity (Wildman–Crippen MR) is 283 cm³/mol. The molecule has 0 atom stereocenters. The standard InChI is InChI=1S/C50H54N12O14S2/c1-31-9-13-37(25-41(31)53-45(65)29-61-19-5-7-33(27-61)47(67)51-17-21-63)77(71,72)59-35-11-15-39(43(23-35)75-3)55-57-49(69)50(70)58-56-40-16-12-36(24-44(40)76-4)60-78(73,74)38-14-10-32(2)42(26-38)54-46(66)30-62-20-6-8-34(28-62)48(68)52-18-22-64/h5-16,19-20,23-28,63-64H,17-18,21-22,29-30H2,1-4H3,(H8-2,51,52,53,54,55,56,57,58,59,60,65,66,67,68,69,70)/p+2. The molecule has 78 heavy (non-hydrogen) atoms. The minimum Gasteiger partial charge on any atom is -0.494 e. The van der Waals surface area contributed by atoms with Crippen LogP contribution in [0.4, 0.5) is 34.1 Å². The van der Waals surface area contributed by atoms with E-state index in [1.54, 1.807) is 50.5 Å². The van der Waals surface area contributed by atoms with E-state index >= 15 is 0 Å². The molecule has 6 rings (SSSR count). The van der Waals surface area contributed by atoms with E-state index in [1.807, 2.05) is 0 Å². The van der Waals surface area contributed by atoms with Crippen LogP contribution in [0.15, 0.2) is 132 Å². The second kappa shape index (κ2) is 26.4. The summed E-state index contributed by atoms with van der Waals surface area (Å²) < 4.78 is 72.8. The van der Waals surface area contributed by atoms with Gasteiger partial charge in [-0.2, -0.15) is 9.13 Å². The smallest absolute Gasteiger partial charge is 0.329 e. The summed E-state index contributed by atoms with van der Waals surface area (Å²) in [7, 11) is -5.94. The first-order chi connectivity index (χ1) is 37.2. The third-order valence-electron chi connectivity index (χ3n) is 11.0. The first kappa shape index (κ1) is 57.9. The van der Waals surface area contributed by atoms with Gasteiger partial charge in [0.25, 0.3) is 43.7 Å². The van der Waals surface area contributed by atoms with Crippen LogP contribution in [0.3, 0.4) is 0 Å². The van der Waals surface area contributed by atoms with Crippen LogP contribution in [0.25, 0.3) is 0 Å². The summed E-state index contributed by atoms with van der Waals surface area (Å²) in [6, 6.07) is 22.6. The van der Waals surface area contributed by atoms with E-state index < -0.39 is 55.5 Å². The van der Waals surface area contributed by atoms with Gasteiger partial charge in [0.2, 0.25) is 13.1 Å². The van der Waals surface area contributed by atoms with Gasteiger partial charge in [-0.3, -0.25) is 59.9 Å². The minimum absolute atomic E-state index is 0.0472. The molecule has 0 aliphatic heterocycles. The first-order valence-corrected chi connectivity index (χ1v) is 26.3. The number of hydrogen-bond donors (Lipinski definition) is 12. The molecular formula is C50H56N12O14S2+2. The SMILES string of the molecule is COc1cc(NS(=O)(=O)c2ccc(C)c(NC(=O)C[n+]3cccc(C(=O)NCCO)c3)c2)ccc1NNC(=O)C(=O)NNc1ccc(NS(=O)(=O)c2ccc(C)c(NC(=O)C[n+]3cccc(C(=O)NCCO)c3)c2)cc1OC. The third-order valence-corrected chi connectivity index (χ3v) is 13.8. The number of sulfonamides is 2. The number of amides is 6. The first-order valence-electron chi connectivity index (χ1n) is 23.3. The van der Waals surface area contributed by atoms with Gasteiger partial charge in [0, 0.05) is 48.7 Å². The number of rotatable bonds is 24. The second-order valence-electron chi connectivity index (χ2n) is 16.7. The molecule has 6 amide bonds. The van der Waals surface area contributed by atoms with Crippen LogP contribution in [-0.2, 0) is 52.3 Å². The Kier molecular flexibility index (Phi) is 19.6. The van der Waals surface area contributed by atoms with Gasteiger partial charge < -0.3 is 41.0 Å². The van der Waals surface area contributed by atoms with Gasteiger partial charge >= 0.3 is 11.8 Å². The Morgan fingerprint density at radius 3 is 1.29 bits per heavy atom. The summed E-state index contributed by atoms with van der Waals surface area (Å²) in [6.07, 6.45) is 6.07. The molecule has 0 aliphatic rings. The van der Waals surface area contributed by atoms with Crippen molar-refractivity contribution in [2.45, 2.75) is 36.7 Å². The van der Waals surface area contributed by atoms with Crippen molar-refractivity contribution >= 4 is 89.6 Å². The molecule has 0 unspecified atom stereocenters. The van der Waals surface area contributed by atoms with Crippen LogP contribution in [-0.4, -0.2) is 103 Å². The van der Waals surface area contributed by atoms with E-state index in [4.69, 9.17) is 19.7 Å². The Morgan fingerprint density at radius 2 is 0.923 bits per heavy atom. The third kappa shape index (κ3) is 15.8. The maximum Gasteiger partial charge on any atom is 0.329 e. The molecule has 2 aromatic heterocycles. The van der Waals surface area contributed by atoms with Crippen LogP contribution in [0.1, 0.15) is 31.8 Å². The number of aromatic nitrogens is 2. The molecule has 0 radical (unpaired) electrons. The van der Waals surface area contributed by atoms with E-state index in [2.05, 4.69) is 52.4 Å². The molecule has 28 heteroatoms. The maximum atomic E-state index is 13.5. The van der Waals surface area contributed by atoms with E-state index in [0.29, 0.717) is 11.1 Å². The Labute approximate surface area is 447 Å². The normalized spacial score (nSPS) is 11.0. The Morgan fingerprint density at radius 1 is 0.526 bits per heavy atom. The number of ether oxygens (including phenoxy) is 2. The number of carbonyl (C=O) groups excluding carboxylic acids is 6. The van der Waals surface area contributed by atoms with Crippen molar-refractivity contribution in [1.29, 1.82) is 0 Å². The molecule has 0 fully saturated rings. The molecular weight excluding hydrogens is 1060 g/mol. The van der Waals surface area contributed by atoms with Gasteiger partial charge in [0.1, 0.15) is 22.6 Å². The zero-order chi connectivity index (χ0) is 56.6. The zero-order valence-electron chi connectivity index (χ0n) is 42.3. The van der Waals surface area contributed by atoms with E-state index in [0.717, 1.165) is 0 Å². The number of pyridine rings is 2. The summed E-state index contributed by atoms with van der Waals surface area (Å²) >= 11 is 0. The summed E-state index contributed by atoms with van der Waals surface area (Å²) in [4.78, 5) is 75.9. The fourth-order valence-corrected chi connectivity index (χ4v) is 9.23. The number of anilines is 6. The van der Waals surface area contributed by atoms with Crippen molar-refractivity contribution in [3.05, 3.63) is 144 Å². The highest BCUT2D eigenvalue weighted by molar-refractivity contribution is 7.93. The van der Waals surface area contributed by atoms with Gasteiger partial charge in [-0.05, 0) is 85.6 Å². The van der Waals surface area contributed by atoms with Gasteiger partial charge in [-0.1, -0.05) is 12.1 Å². The molecule has 12 N–H and O–H groups in total. The lowest BCUT2D eigenvalue weighted by atomic mass is 10.2. The lowest BCUT2D eigenvalue weighted by Crippen LogP contribution is -2.44. The number of aliphatic hydroxyl groups excluding tert-OH is 2. The molecule has 0 saturated carbocycles. The molecule has 4 aromatic carbocycles. The number of hydrazine groups is 2. The average Bonchev–Trinajstić information content (AvgIpc) is 3.42. The second-order valence-corrected chi connectivity index (χ2v) is 20.1. The number of nitrogens with one attached hydrogen (secondary N) is 10. The average molecular weight is 1110 g/mol. The Bertz CT molecular complexity index is 3250. The lowest BCUT2D eigenvalue weighted by molar-refractivity contribution is -0.684. The summed E-state index contributed by atoms with van der Waals surface area (Å²) in [5, 5.41) is 28.4. The summed E-state index contributed by atoms with van der Waals surface area (Å²) in [5.41, 5.74) is 11.9. The molecule has 2 heterocycles. The molecule has 26 nitrogen and oxygen atoms in total. The topological polar surface area (TPSA) is 358 Å². The highest BCUT2D eigenvalue weighted by Gasteiger charge is 2.23. The van der Waals surface area contributed by atoms with Gasteiger partial charge in [0.05, 0.1) is 60.0 Å². The number of hydrogen-bond acceptors (Lipinski definition) is 16. The zero-order valence-corrected chi connectivity index (χ0v) is 43.9. The maximum absolute atomic E-state index is 13.5. The van der Waals surface area contributed by atoms with Crippen LogP contribution < -0.4 is 71.0 Å². The van der Waals surface area contributed by atoms with Crippen molar-refractivity contribution < 1.29 is 74.4 Å².